The summed E-state index contributed by atoms with van der Waals surface area (Å²) >= 11 is 0. The van der Waals surface area contributed by atoms with E-state index in [0.29, 0.717) is 22.6 Å². The fraction of sp³-hybridized carbons (Fsp3) is 0. The maximum absolute atomic E-state index is 12.4. The average molecular weight is 1220 g/mol. The van der Waals surface area contributed by atoms with E-state index in [-0.39, 0.29) is 0 Å². The predicted molar refractivity (Wildman–Crippen MR) is 397 cm³/mol. The second-order valence-electron chi connectivity index (χ2n) is 24.1. The molecule has 0 saturated heterocycles. The van der Waals surface area contributed by atoms with Gasteiger partial charge in [-0.3, -0.25) is 4.57 Å². The van der Waals surface area contributed by atoms with Gasteiger partial charge in [0.1, 0.15) is 18.0 Å². The highest BCUT2D eigenvalue weighted by atomic mass is 15.1. The molecule has 17 rings (SSSR count). The summed E-state index contributed by atoms with van der Waals surface area (Å²) in [7, 11) is 0. The van der Waals surface area contributed by atoms with Crippen LogP contribution < -0.4 is 0 Å². The molecule has 0 saturated carbocycles. The summed E-state index contributed by atoms with van der Waals surface area (Å²) in [5.41, 5.74) is 23.7. The van der Waals surface area contributed by atoms with Crippen LogP contribution in [0.25, 0.3) is 167 Å². The van der Waals surface area contributed by atoms with Gasteiger partial charge in [0.25, 0.3) is 0 Å². The number of nitriles is 2. The van der Waals surface area contributed by atoms with Crippen molar-refractivity contribution in [1.29, 1.82) is 10.5 Å². The van der Waals surface area contributed by atoms with Crippen LogP contribution in [0.4, 0.5) is 0 Å². The lowest BCUT2D eigenvalue weighted by atomic mass is 9.75. The lowest BCUT2D eigenvalue weighted by molar-refractivity contribution is 1.08. The molecule has 0 spiro atoms. The first-order chi connectivity index (χ1) is 47.6. The van der Waals surface area contributed by atoms with E-state index < -0.39 is 0 Å². The van der Waals surface area contributed by atoms with Crippen LogP contribution in [0.1, 0.15) is 11.1 Å². The molecule has 0 unspecified atom stereocenters. The van der Waals surface area contributed by atoms with Gasteiger partial charge in [-0.2, -0.15) is 10.5 Å². The summed E-state index contributed by atoms with van der Waals surface area (Å²) in [4.78, 5) is 6.23. The molecule has 0 aliphatic rings. The Morgan fingerprint density at radius 3 is 0.865 bits per heavy atom. The monoisotopic (exact) mass is 1220 g/mol. The number of hydrogen-bond acceptors (Lipinski definition) is 3. The summed E-state index contributed by atoms with van der Waals surface area (Å²) < 4.78 is 4.73. The highest BCUT2D eigenvalue weighted by Crippen LogP contribution is 2.57. The molecule has 96 heavy (non-hydrogen) atoms. The molecule has 3 heterocycles. The molecular formula is C91H57N5. The quantitative estimate of drug-likeness (QED) is 0.122. The molecule has 0 N–H and O–H groups in total. The number of hydrogen-bond donors (Lipinski definition) is 0. The molecule has 0 amide bonds. The van der Waals surface area contributed by atoms with Crippen LogP contribution in [0.15, 0.2) is 346 Å². The van der Waals surface area contributed by atoms with Crippen LogP contribution in [0.3, 0.4) is 0 Å². The highest BCUT2D eigenvalue weighted by molar-refractivity contribution is 6.29. The third-order valence-corrected chi connectivity index (χ3v) is 18.8. The number of rotatable bonds is 12. The molecule has 0 aliphatic carbocycles. The van der Waals surface area contributed by atoms with Crippen LogP contribution in [0, 0.1) is 22.7 Å². The van der Waals surface area contributed by atoms with Crippen molar-refractivity contribution in [3.8, 4) is 135 Å². The Hall–Kier alpha value is -13.2. The standard InChI is InChI=1S/C91H57N5/c92-58-72-80(60-32-10-1-11-33-60)84(64-40-18-5-19-41-64)86(66-44-22-7-23-45-66)88(82(72)62-36-14-3-15-37-62)68-56-74(94-79(57-68)96-76-53-31-29-51-71(76)90-78(96)55-54-77-89(90)70-50-28-30-52-75(70)95(77)69-48-26-9-27-49-69)91-83(63-38-16-4-17-39-63)73(59-93)81(61-34-12-2-13-35-61)85(65-42-20-6-21-43-65)87(91)67-46-24-8-25-47-67/h1-57H. The van der Waals surface area contributed by atoms with E-state index in [4.69, 9.17) is 4.98 Å². The highest BCUT2D eigenvalue weighted by Gasteiger charge is 2.33. The molecule has 0 fully saturated rings. The van der Waals surface area contributed by atoms with Crippen molar-refractivity contribution >= 4 is 43.6 Å². The number of pyridine rings is 1. The fourth-order valence-corrected chi connectivity index (χ4v) is 14.9. The number of fused-ring (bicyclic) bond motifs is 7. The molecular weight excluding hydrogens is 1160 g/mol. The maximum atomic E-state index is 12.4. The minimum Gasteiger partial charge on any atom is -0.309 e. The third kappa shape index (κ3) is 9.42. The van der Waals surface area contributed by atoms with E-state index in [1.165, 1.54) is 0 Å². The van der Waals surface area contributed by atoms with Crippen molar-refractivity contribution < 1.29 is 0 Å². The first-order valence-corrected chi connectivity index (χ1v) is 32.4. The molecule has 0 bridgehead atoms. The summed E-state index contributed by atoms with van der Waals surface area (Å²) in [5, 5.41) is 29.2. The van der Waals surface area contributed by atoms with Crippen molar-refractivity contribution in [2.45, 2.75) is 0 Å². The number of para-hydroxylation sites is 3. The van der Waals surface area contributed by atoms with Gasteiger partial charge in [-0.15, -0.1) is 0 Å². The Balaban J connectivity index is 1.13. The zero-order valence-corrected chi connectivity index (χ0v) is 52.1. The van der Waals surface area contributed by atoms with Crippen molar-refractivity contribution in [2.24, 2.45) is 0 Å². The topological polar surface area (TPSA) is 70.3 Å². The second-order valence-corrected chi connectivity index (χ2v) is 24.1. The third-order valence-electron chi connectivity index (χ3n) is 18.8. The van der Waals surface area contributed by atoms with E-state index in [9.17, 15) is 10.5 Å². The number of nitrogens with zero attached hydrogens (tertiary/aromatic N) is 5. The molecule has 3 aromatic heterocycles. The number of benzene rings is 14. The lowest BCUT2D eigenvalue weighted by Crippen LogP contribution is -2.06. The van der Waals surface area contributed by atoms with Gasteiger partial charge in [-0.05, 0) is 121 Å². The largest absolute Gasteiger partial charge is 0.309 e. The van der Waals surface area contributed by atoms with Crippen LogP contribution in [0.2, 0.25) is 0 Å². The molecule has 5 heteroatoms. The van der Waals surface area contributed by atoms with Crippen molar-refractivity contribution in [2.75, 3.05) is 0 Å². The summed E-state index contributed by atoms with van der Waals surface area (Å²) in [6.07, 6.45) is 0. The Morgan fingerprint density at radius 1 is 0.229 bits per heavy atom. The molecule has 17 aromatic rings. The fourth-order valence-electron chi connectivity index (χ4n) is 14.9. The van der Waals surface area contributed by atoms with Crippen molar-refractivity contribution in [3.63, 3.8) is 0 Å². The molecule has 5 nitrogen and oxygen atoms in total. The lowest BCUT2D eigenvalue weighted by Gasteiger charge is -2.28. The van der Waals surface area contributed by atoms with E-state index in [1.54, 1.807) is 0 Å². The van der Waals surface area contributed by atoms with E-state index in [1.807, 2.05) is 30.3 Å². The van der Waals surface area contributed by atoms with Gasteiger partial charge in [0, 0.05) is 60.6 Å². The zero-order chi connectivity index (χ0) is 64.1. The van der Waals surface area contributed by atoms with Gasteiger partial charge in [0.05, 0.1) is 38.9 Å². The molecule has 14 aromatic carbocycles. The molecule has 0 aliphatic heterocycles. The van der Waals surface area contributed by atoms with Crippen LogP contribution in [-0.4, -0.2) is 14.1 Å². The average Bonchev–Trinajstić information content (AvgIpc) is 1.22. The van der Waals surface area contributed by atoms with Gasteiger partial charge in [-0.1, -0.05) is 297 Å². The minimum atomic E-state index is 0.518. The molecule has 446 valence electrons. The van der Waals surface area contributed by atoms with Crippen molar-refractivity contribution in [3.05, 3.63) is 357 Å². The minimum absolute atomic E-state index is 0.518. The Bertz CT molecular complexity index is 5650. The van der Waals surface area contributed by atoms with Crippen LogP contribution >= 0.6 is 0 Å². The first kappa shape index (κ1) is 56.8. The van der Waals surface area contributed by atoms with Gasteiger partial charge < -0.3 is 4.57 Å². The van der Waals surface area contributed by atoms with Crippen LogP contribution in [-0.2, 0) is 0 Å². The van der Waals surface area contributed by atoms with Crippen molar-refractivity contribution in [1.82, 2.24) is 14.1 Å². The SMILES string of the molecule is N#Cc1c(-c2ccccc2)c(-c2ccccc2)c(-c2ccccc2)c(-c2cc(-c3c(-c4ccccc4)c(C#N)c(-c4ccccc4)c(-c4ccccc4)c3-c3ccccc3)nc(-n3c4ccccc4c4c5c6ccccc6n(-c6ccccc6)c5ccc43)c2)c1-c1ccccc1. The smallest absolute Gasteiger partial charge is 0.138 e. The van der Waals surface area contributed by atoms with Gasteiger partial charge in [-0.25, -0.2) is 4.98 Å². The van der Waals surface area contributed by atoms with E-state index in [2.05, 4.69) is 337 Å². The van der Waals surface area contributed by atoms with E-state index in [0.717, 1.165) is 155 Å². The summed E-state index contributed by atoms with van der Waals surface area (Å²) in [6, 6.07) is 127. The Morgan fingerprint density at radius 2 is 0.500 bits per heavy atom. The summed E-state index contributed by atoms with van der Waals surface area (Å²) in [6.45, 7) is 0. The normalized spacial score (nSPS) is 11.3. The number of aromatic nitrogens is 3. The van der Waals surface area contributed by atoms with Gasteiger partial charge in [0.15, 0.2) is 0 Å². The molecule has 0 atom stereocenters. The Kier molecular flexibility index (Phi) is 14.3. The Labute approximate surface area is 556 Å². The first-order valence-electron chi connectivity index (χ1n) is 32.4. The van der Waals surface area contributed by atoms with Crippen LogP contribution in [0.5, 0.6) is 0 Å². The predicted octanol–water partition coefficient (Wildman–Crippen LogP) is 23.7. The second kappa shape index (κ2) is 24.1. The van der Waals surface area contributed by atoms with Gasteiger partial charge in [0.2, 0.25) is 0 Å². The maximum Gasteiger partial charge on any atom is 0.138 e. The zero-order valence-electron chi connectivity index (χ0n) is 52.1. The molecule has 0 radical (unpaired) electrons. The summed E-state index contributed by atoms with van der Waals surface area (Å²) in [5.74, 6) is 0.648. The van der Waals surface area contributed by atoms with E-state index >= 15 is 0 Å². The van der Waals surface area contributed by atoms with Gasteiger partial charge >= 0.3 is 0 Å².